The summed E-state index contributed by atoms with van der Waals surface area (Å²) in [6.45, 7) is 0.308. The van der Waals surface area contributed by atoms with Crippen molar-refractivity contribution >= 4 is 34.5 Å². The van der Waals surface area contributed by atoms with Crippen LogP contribution in [-0.2, 0) is 16.1 Å². The predicted octanol–water partition coefficient (Wildman–Crippen LogP) is 3.47. The standard InChI is InChI=1S/C18H16N2O4S/c1-22-9-17-20-12-8-11(6-7-13(12)24-17)19-18(21)15-10-25-16-5-3-2-4-14(16)23-15/h2-8,15H,9-10H2,1H3,(H,19,21)/t15-/m0/s1. The van der Waals surface area contributed by atoms with Crippen molar-refractivity contribution in [2.24, 2.45) is 0 Å². The molecule has 7 heteroatoms. The van der Waals surface area contributed by atoms with Gasteiger partial charge in [0.25, 0.3) is 5.91 Å². The molecule has 0 unspecified atom stereocenters. The topological polar surface area (TPSA) is 73.6 Å². The van der Waals surface area contributed by atoms with E-state index in [1.54, 1.807) is 37.1 Å². The molecule has 1 N–H and O–H groups in total. The first kappa shape index (κ1) is 16.0. The van der Waals surface area contributed by atoms with Crippen LogP contribution < -0.4 is 10.1 Å². The van der Waals surface area contributed by atoms with E-state index in [2.05, 4.69) is 10.3 Å². The van der Waals surface area contributed by atoms with Crippen LogP contribution in [0.5, 0.6) is 5.75 Å². The molecule has 0 saturated carbocycles. The Balaban J connectivity index is 1.48. The van der Waals surface area contributed by atoms with Crippen molar-refractivity contribution in [2.75, 3.05) is 18.2 Å². The van der Waals surface area contributed by atoms with Gasteiger partial charge in [-0.2, -0.15) is 0 Å². The molecule has 128 valence electrons. The van der Waals surface area contributed by atoms with Crippen molar-refractivity contribution in [2.45, 2.75) is 17.6 Å². The molecule has 0 bridgehead atoms. The molecular weight excluding hydrogens is 340 g/mol. The number of nitrogens with one attached hydrogen (secondary N) is 1. The average Bonchev–Trinajstić information content (AvgIpc) is 3.03. The Morgan fingerprint density at radius 1 is 1.36 bits per heavy atom. The predicted molar refractivity (Wildman–Crippen MR) is 94.9 cm³/mol. The Morgan fingerprint density at radius 3 is 3.12 bits per heavy atom. The number of amides is 1. The van der Waals surface area contributed by atoms with Crippen molar-refractivity contribution in [1.29, 1.82) is 0 Å². The molecule has 1 amide bonds. The van der Waals surface area contributed by atoms with Gasteiger partial charge < -0.3 is 19.2 Å². The second kappa shape index (κ2) is 6.78. The van der Waals surface area contributed by atoms with Crippen LogP contribution in [0, 0.1) is 0 Å². The number of anilines is 1. The van der Waals surface area contributed by atoms with E-state index >= 15 is 0 Å². The van der Waals surface area contributed by atoms with Crippen LogP contribution in [0.15, 0.2) is 51.8 Å². The first-order chi connectivity index (χ1) is 12.2. The van der Waals surface area contributed by atoms with Crippen LogP contribution >= 0.6 is 11.8 Å². The highest BCUT2D eigenvalue weighted by Gasteiger charge is 2.26. The molecule has 0 spiro atoms. The summed E-state index contributed by atoms with van der Waals surface area (Å²) < 4.78 is 16.4. The van der Waals surface area contributed by atoms with Gasteiger partial charge in [0.1, 0.15) is 17.9 Å². The molecule has 1 atom stereocenters. The minimum absolute atomic E-state index is 0.179. The van der Waals surface area contributed by atoms with Crippen LogP contribution in [0.1, 0.15) is 5.89 Å². The maximum absolute atomic E-state index is 12.5. The van der Waals surface area contributed by atoms with E-state index in [1.165, 1.54) is 0 Å². The number of methoxy groups -OCH3 is 1. The molecule has 1 aliphatic heterocycles. The zero-order valence-electron chi connectivity index (χ0n) is 13.5. The quantitative estimate of drug-likeness (QED) is 0.772. The van der Waals surface area contributed by atoms with E-state index in [4.69, 9.17) is 13.9 Å². The fourth-order valence-corrected chi connectivity index (χ4v) is 3.59. The molecule has 2 aromatic carbocycles. The SMILES string of the molecule is COCc1nc2cc(NC(=O)[C@@H]3CSc4ccccc4O3)ccc2o1. The zero-order chi connectivity index (χ0) is 17.2. The number of ether oxygens (including phenoxy) is 2. The van der Waals surface area contributed by atoms with Gasteiger partial charge in [0.15, 0.2) is 11.7 Å². The number of rotatable bonds is 4. The van der Waals surface area contributed by atoms with E-state index in [-0.39, 0.29) is 5.91 Å². The Hall–Kier alpha value is -2.51. The van der Waals surface area contributed by atoms with Gasteiger partial charge in [-0.3, -0.25) is 4.79 Å². The normalized spacial score (nSPS) is 16.3. The highest BCUT2D eigenvalue weighted by Crippen LogP contribution is 2.35. The minimum atomic E-state index is -0.531. The van der Waals surface area contributed by atoms with Crippen molar-refractivity contribution in [3.8, 4) is 5.75 Å². The molecule has 2 heterocycles. The molecule has 0 radical (unpaired) electrons. The van der Waals surface area contributed by atoms with Gasteiger partial charge in [0, 0.05) is 23.4 Å². The number of para-hydroxylation sites is 1. The largest absolute Gasteiger partial charge is 0.479 e. The van der Waals surface area contributed by atoms with Crippen LogP contribution in [0.3, 0.4) is 0 Å². The Labute approximate surface area is 148 Å². The molecule has 6 nitrogen and oxygen atoms in total. The van der Waals surface area contributed by atoms with Crippen molar-refractivity contribution in [3.63, 3.8) is 0 Å². The summed E-state index contributed by atoms with van der Waals surface area (Å²) in [6, 6.07) is 13.1. The summed E-state index contributed by atoms with van der Waals surface area (Å²) in [5, 5.41) is 2.89. The smallest absolute Gasteiger partial charge is 0.266 e. The zero-order valence-corrected chi connectivity index (χ0v) is 14.3. The summed E-state index contributed by atoms with van der Waals surface area (Å²) >= 11 is 1.62. The van der Waals surface area contributed by atoms with Crippen molar-refractivity contribution in [1.82, 2.24) is 4.98 Å². The van der Waals surface area contributed by atoms with Gasteiger partial charge in [-0.15, -0.1) is 11.8 Å². The number of carbonyl (C=O) groups is 1. The molecule has 4 rings (SSSR count). The molecule has 3 aromatic rings. The van der Waals surface area contributed by atoms with Crippen LogP contribution in [-0.4, -0.2) is 29.9 Å². The lowest BCUT2D eigenvalue weighted by Gasteiger charge is -2.24. The summed E-state index contributed by atoms with van der Waals surface area (Å²) in [5.74, 6) is 1.65. The third-order valence-corrected chi connectivity index (χ3v) is 4.89. The molecule has 0 fully saturated rings. The number of hydrogen-bond donors (Lipinski definition) is 1. The maximum Gasteiger partial charge on any atom is 0.266 e. The van der Waals surface area contributed by atoms with E-state index in [0.717, 1.165) is 10.6 Å². The van der Waals surface area contributed by atoms with Crippen LogP contribution in [0.25, 0.3) is 11.1 Å². The lowest BCUT2D eigenvalue weighted by Crippen LogP contribution is -2.36. The Kier molecular flexibility index (Phi) is 4.33. The fraction of sp³-hybridized carbons (Fsp3) is 0.222. The monoisotopic (exact) mass is 356 g/mol. The summed E-state index contributed by atoms with van der Waals surface area (Å²) in [7, 11) is 1.58. The molecule has 0 aliphatic carbocycles. The molecule has 25 heavy (non-hydrogen) atoms. The minimum Gasteiger partial charge on any atom is -0.479 e. The number of oxazole rings is 1. The number of nitrogens with zero attached hydrogens (tertiary/aromatic N) is 1. The number of carbonyl (C=O) groups excluding carboxylic acids is 1. The molecular formula is C18H16N2O4S. The van der Waals surface area contributed by atoms with E-state index < -0.39 is 6.10 Å². The van der Waals surface area contributed by atoms with Gasteiger partial charge >= 0.3 is 0 Å². The third kappa shape index (κ3) is 3.33. The Morgan fingerprint density at radius 2 is 2.24 bits per heavy atom. The van der Waals surface area contributed by atoms with E-state index in [0.29, 0.717) is 35.0 Å². The molecule has 0 saturated heterocycles. The third-order valence-electron chi connectivity index (χ3n) is 3.77. The Bertz CT molecular complexity index is 924. The maximum atomic E-state index is 12.5. The summed E-state index contributed by atoms with van der Waals surface area (Å²) in [5.41, 5.74) is 1.99. The number of hydrogen-bond acceptors (Lipinski definition) is 6. The van der Waals surface area contributed by atoms with E-state index in [9.17, 15) is 4.79 Å². The summed E-state index contributed by atoms with van der Waals surface area (Å²) in [6.07, 6.45) is -0.531. The highest BCUT2D eigenvalue weighted by atomic mass is 32.2. The number of aromatic nitrogens is 1. The lowest BCUT2D eigenvalue weighted by atomic mass is 10.2. The molecule has 1 aromatic heterocycles. The number of fused-ring (bicyclic) bond motifs is 2. The van der Waals surface area contributed by atoms with Crippen LogP contribution in [0.2, 0.25) is 0 Å². The molecule has 1 aliphatic rings. The van der Waals surface area contributed by atoms with Gasteiger partial charge in [-0.1, -0.05) is 12.1 Å². The number of thioether (sulfide) groups is 1. The van der Waals surface area contributed by atoms with Crippen LogP contribution in [0.4, 0.5) is 5.69 Å². The summed E-state index contributed by atoms with van der Waals surface area (Å²) in [4.78, 5) is 17.9. The van der Waals surface area contributed by atoms with Gasteiger partial charge in [-0.25, -0.2) is 4.98 Å². The van der Waals surface area contributed by atoms with E-state index in [1.807, 2.05) is 24.3 Å². The first-order valence-corrected chi connectivity index (χ1v) is 8.79. The highest BCUT2D eigenvalue weighted by molar-refractivity contribution is 7.99. The first-order valence-electron chi connectivity index (χ1n) is 7.80. The van der Waals surface area contributed by atoms with Gasteiger partial charge in [0.2, 0.25) is 5.89 Å². The lowest BCUT2D eigenvalue weighted by molar-refractivity contribution is -0.122. The fourth-order valence-electron chi connectivity index (χ4n) is 2.61. The van der Waals surface area contributed by atoms with Gasteiger partial charge in [-0.05, 0) is 30.3 Å². The second-order valence-corrected chi connectivity index (χ2v) is 6.64. The second-order valence-electron chi connectivity index (χ2n) is 5.58. The van der Waals surface area contributed by atoms with Gasteiger partial charge in [0.05, 0.1) is 0 Å². The average molecular weight is 356 g/mol. The van der Waals surface area contributed by atoms with Crippen molar-refractivity contribution < 1.29 is 18.7 Å². The van der Waals surface area contributed by atoms with Crippen molar-refractivity contribution in [3.05, 3.63) is 48.4 Å². The number of benzene rings is 2.